The predicted octanol–water partition coefficient (Wildman–Crippen LogP) is 4.24. The van der Waals surface area contributed by atoms with E-state index in [1.165, 1.54) is 27.8 Å². The number of amides is 1. The number of likely N-dealkylation sites (tertiary alicyclic amines) is 1. The van der Waals surface area contributed by atoms with Gasteiger partial charge in [-0.25, -0.2) is 0 Å². The van der Waals surface area contributed by atoms with E-state index in [4.69, 9.17) is 0 Å². The van der Waals surface area contributed by atoms with Gasteiger partial charge in [0.2, 0.25) is 5.91 Å². The normalized spacial score (nSPS) is 19.5. The lowest BCUT2D eigenvalue weighted by Crippen LogP contribution is -2.29. The molecule has 4 rings (SSSR count). The first kappa shape index (κ1) is 15.4. The van der Waals surface area contributed by atoms with E-state index in [1.807, 2.05) is 0 Å². The SMILES string of the molecule is Cc1cccc2c1CCc1ccccc1C2CC(=O)N1CCCC1. The lowest BCUT2D eigenvalue weighted by Gasteiger charge is -2.24. The summed E-state index contributed by atoms with van der Waals surface area (Å²) in [6, 6.07) is 15.3. The molecule has 0 aromatic heterocycles. The average molecular weight is 319 g/mol. The number of nitrogens with zero attached hydrogens (tertiary/aromatic N) is 1. The van der Waals surface area contributed by atoms with E-state index in [9.17, 15) is 4.79 Å². The third kappa shape index (κ3) is 2.75. The molecule has 0 saturated carbocycles. The first-order valence-corrected chi connectivity index (χ1v) is 9.18. The van der Waals surface area contributed by atoms with Crippen molar-refractivity contribution in [1.29, 1.82) is 0 Å². The Morgan fingerprint density at radius 2 is 1.75 bits per heavy atom. The van der Waals surface area contributed by atoms with Crippen LogP contribution in [0, 0.1) is 6.92 Å². The van der Waals surface area contributed by atoms with Crippen molar-refractivity contribution < 1.29 is 4.79 Å². The summed E-state index contributed by atoms with van der Waals surface area (Å²) in [7, 11) is 0. The number of hydrogen-bond acceptors (Lipinski definition) is 1. The number of rotatable bonds is 2. The minimum absolute atomic E-state index is 0.201. The molecule has 2 nitrogen and oxygen atoms in total. The second kappa shape index (κ2) is 6.43. The van der Waals surface area contributed by atoms with Gasteiger partial charge in [0.05, 0.1) is 0 Å². The lowest BCUT2D eigenvalue weighted by atomic mass is 9.84. The molecule has 1 fully saturated rings. The van der Waals surface area contributed by atoms with Gasteiger partial charge in [0, 0.05) is 25.4 Å². The molecule has 1 aliphatic carbocycles. The molecule has 2 aromatic rings. The van der Waals surface area contributed by atoms with Crippen molar-refractivity contribution in [3.63, 3.8) is 0 Å². The number of carbonyl (C=O) groups is 1. The zero-order valence-electron chi connectivity index (χ0n) is 14.4. The topological polar surface area (TPSA) is 20.3 Å². The van der Waals surface area contributed by atoms with Gasteiger partial charge in [-0.05, 0) is 60.4 Å². The van der Waals surface area contributed by atoms with Crippen molar-refractivity contribution in [3.05, 3.63) is 70.3 Å². The standard InChI is InChI=1S/C22H25NO/c1-16-7-6-10-20-18(16)12-11-17-8-2-3-9-19(17)21(20)15-22(24)23-13-4-5-14-23/h2-3,6-10,21H,4-5,11-15H2,1H3. The molecule has 0 bridgehead atoms. The molecule has 1 atom stereocenters. The van der Waals surface area contributed by atoms with E-state index in [2.05, 4.69) is 54.3 Å². The molecule has 1 unspecified atom stereocenters. The highest BCUT2D eigenvalue weighted by molar-refractivity contribution is 5.78. The first-order chi connectivity index (χ1) is 11.7. The average Bonchev–Trinajstić information content (AvgIpc) is 3.08. The van der Waals surface area contributed by atoms with E-state index in [1.54, 1.807) is 0 Å². The maximum atomic E-state index is 12.9. The molecular formula is C22H25NO. The monoisotopic (exact) mass is 319 g/mol. The fourth-order valence-electron chi connectivity index (χ4n) is 4.41. The van der Waals surface area contributed by atoms with E-state index < -0.39 is 0 Å². The Balaban J connectivity index is 1.75. The van der Waals surface area contributed by atoms with Crippen LogP contribution < -0.4 is 0 Å². The van der Waals surface area contributed by atoms with Gasteiger partial charge in [-0.3, -0.25) is 4.79 Å². The molecule has 2 aromatic carbocycles. The highest BCUT2D eigenvalue weighted by Gasteiger charge is 2.28. The van der Waals surface area contributed by atoms with Crippen molar-refractivity contribution in [2.24, 2.45) is 0 Å². The Labute approximate surface area is 144 Å². The summed E-state index contributed by atoms with van der Waals surface area (Å²) in [5.41, 5.74) is 6.95. The largest absolute Gasteiger partial charge is 0.343 e. The van der Waals surface area contributed by atoms with Gasteiger partial charge in [-0.1, -0.05) is 42.5 Å². The van der Waals surface area contributed by atoms with Crippen LogP contribution in [0.2, 0.25) is 0 Å². The van der Waals surface area contributed by atoms with Gasteiger partial charge in [0.25, 0.3) is 0 Å². The van der Waals surface area contributed by atoms with Gasteiger partial charge in [0.15, 0.2) is 0 Å². The molecule has 1 heterocycles. The molecular weight excluding hydrogens is 294 g/mol. The van der Waals surface area contributed by atoms with Crippen molar-refractivity contribution in [1.82, 2.24) is 4.90 Å². The van der Waals surface area contributed by atoms with Crippen molar-refractivity contribution in [2.45, 2.75) is 44.9 Å². The van der Waals surface area contributed by atoms with Crippen LogP contribution in [0.25, 0.3) is 0 Å². The van der Waals surface area contributed by atoms with Crippen LogP contribution in [0.1, 0.15) is 53.0 Å². The number of benzene rings is 2. The predicted molar refractivity (Wildman–Crippen MR) is 97.3 cm³/mol. The van der Waals surface area contributed by atoms with Gasteiger partial charge in [0.1, 0.15) is 0 Å². The number of fused-ring (bicyclic) bond motifs is 2. The minimum atomic E-state index is 0.201. The smallest absolute Gasteiger partial charge is 0.223 e. The summed E-state index contributed by atoms with van der Waals surface area (Å²) >= 11 is 0. The fourth-order valence-corrected chi connectivity index (χ4v) is 4.41. The summed E-state index contributed by atoms with van der Waals surface area (Å²) < 4.78 is 0. The molecule has 24 heavy (non-hydrogen) atoms. The summed E-state index contributed by atoms with van der Waals surface area (Å²) in [6.07, 6.45) is 5.06. The second-order valence-corrected chi connectivity index (χ2v) is 7.19. The highest BCUT2D eigenvalue weighted by atomic mass is 16.2. The molecule has 124 valence electrons. The second-order valence-electron chi connectivity index (χ2n) is 7.19. The molecule has 1 saturated heterocycles. The van der Waals surface area contributed by atoms with Crippen LogP contribution in [-0.2, 0) is 17.6 Å². The van der Waals surface area contributed by atoms with Crippen LogP contribution in [0.15, 0.2) is 42.5 Å². The molecule has 2 heteroatoms. The highest BCUT2D eigenvalue weighted by Crippen LogP contribution is 2.38. The van der Waals surface area contributed by atoms with E-state index in [0.717, 1.165) is 38.8 Å². The van der Waals surface area contributed by atoms with Gasteiger partial charge >= 0.3 is 0 Å². The summed E-state index contributed by atoms with van der Waals surface area (Å²) in [5, 5.41) is 0. The molecule has 2 aliphatic rings. The van der Waals surface area contributed by atoms with Crippen LogP contribution >= 0.6 is 0 Å². The van der Waals surface area contributed by atoms with Gasteiger partial charge in [-0.2, -0.15) is 0 Å². The zero-order chi connectivity index (χ0) is 16.5. The van der Waals surface area contributed by atoms with Gasteiger partial charge < -0.3 is 4.90 Å². The third-order valence-electron chi connectivity index (χ3n) is 5.73. The molecule has 0 N–H and O–H groups in total. The Bertz CT molecular complexity index is 758. The van der Waals surface area contributed by atoms with Crippen LogP contribution in [0.5, 0.6) is 0 Å². The number of hydrogen-bond donors (Lipinski definition) is 0. The number of carbonyl (C=O) groups excluding carboxylic acids is 1. The Morgan fingerprint density at radius 1 is 1.00 bits per heavy atom. The molecule has 1 aliphatic heterocycles. The third-order valence-corrected chi connectivity index (χ3v) is 5.73. The summed E-state index contributed by atoms with van der Waals surface area (Å²) in [4.78, 5) is 14.9. The van der Waals surface area contributed by atoms with E-state index in [0.29, 0.717) is 12.3 Å². The zero-order valence-corrected chi connectivity index (χ0v) is 14.4. The molecule has 1 amide bonds. The fraction of sp³-hybridized carbons (Fsp3) is 0.409. The Hall–Kier alpha value is -2.09. The van der Waals surface area contributed by atoms with E-state index in [-0.39, 0.29) is 5.92 Å². The summed E-state index contributed by atoms with van der Waals surface area (Å²) in [6.45, 7) is 4.08. The maximum Gasteiger partial charge on any atom is 0.223 e. The van der Waals surface area contributed by atoms with Crippen molar-refractivity contribution >= 4 is 5.91 Å². The quantitative estimate of drug-likeness (QED) is 0.811. The van der Waals surface area contributed by atoms with Crippen LogP contribution in [0.4, 0.5) is 0 Å². The van der Waals surface area contributed by atoms with Crippen molar-refractivity contribution in [3.8, 4) is 0 Å². The van der Waals surface area contributed by atoms with E-state index >= 15 is 0 Å². The minimum Gasteiger partial charge on any atom is -0.343 e. The maximum absolute atomic E-state index is 12.9. The molecule has 0 spiro atoms. The Morgan fingerprint density at radius 3 is 2.58 bits per heavy atom. The number of aryl methyl sites for hydroxylation is 2. The van der Waals surface area contributed by atoms with Crippen molar-refractivity contribution in [2.75, 3.05) is 13.1 Å². The lowest BCUT2D eigenvalue weighted by molar-refractivity contribution is -0.130. The van der Waals surface area contributed by atoms with Crippen LogP contribution in [-0.4, -0.2) is 23.9 Å². The molecule has 0 radical (unpaired) electrons. The Kier molecular flexibility index (Phi) is 4.13. The van der Waals surface area contributed by atoms with Gasteiger partial charge in [-0.15, -0.1) is 0 Å². The first-order valence-electron chi connectivity index (χ1n) is 9.18. The summed E-state index contributed by atoms with van der Waals surface area (Å²) in [5.74, 6) is 0.522. The van der Waals surface area contributed by atoms with Crippen LogP contribution in [0.3, 0.4) is 0 Å².